The van der Waals surface area contributed by atoms with Gasteiger partial charge in [0.15, 0.2) is 0 Å². The average molecular weight is 216 g/mol. The topological polar surface area (TPSA) is 38.9 Å². The fourth-order valence-corrected chi connectivity index (χ4v) is 1.56. The molecule has 0 atom stereocenters. The third-order valence-corrected chi connectivity index (χ3v) is 2.57. The Bertz CT molecular complexity index is 500. The highest BCUT2D eigenvalue weighted by Gasteiger charge is 2.12. The number of benzene rings is 1. The zero-order valence-corrected chi connectivity index (χ0v) is 10.1. The Balaban J connectivity index is 2.46. The van der Waals surface area contributed by atoms with Crippen LogP contribution in [0, 0.1) is 13.8 Å². The van der Waals surface area contributed by atoms with E-state index in [0.717, 1.165) is 5.56 Å². The van der Waals surface area contributed by atoms with Crippen molar-refractivity contribution in [3.05, 3.63) is 35.2 Å². The van der Waals surface area contributed by atoms with Crippen molar-refractivity contribution < 1.29 is 4.52 Å². The van der Waals surface area contributed by atoms with Crippen LogP contribution >= 0.6 is 0 Å². The third kappa shape index (κ3) is 1.98. The van der Waals surface area contributed by atoms with Crippen LogP contribution < -0.4 is 0 Å². The van der Waals surface area contributed by atoms with Crippen molar-refractivity contribution in [2.45, 2.75) is 33.6 Å². The maximum absolute atomic E-state index is 5.21. The van der Waals surface area contributed by atoms with Gasteiger partial charge < -0.3 is 4.52 Å². The molecule has 1 heterocycles. The van der Waals surface area contributed by atoms with Crippen LogP contribution in [0.15, 0.2) is 22.7 Å². The SMILES string of the molecule is Cc1ccc(C)c(-c2noc(C(C)C)n2)c1. The summed E-state index contributed by atoms with van der Waals surface area (Å²) in [4.78, 5) is 4.40. The van der Waals surface area contributed by atoms with Crippen molar-refractivity contribution in [2.75, 3.05) is 0 Å². The zero-order chi connectivity index (χ0) is 11.7. The molecule has 3 nitrogen and oxygen atoms in total. The van der Waals surface area contributed by atoms with Crippen LogP contribution in [-0.2, 0) is 0 Å². The Labute approximate surface area is 95.5 Å². The molecule has 2 aromatic rings. The van der Waals surface area contributed by atoms with Gasteiger partial charge in [0, 0.05) is 11.5 Å². The molecule has 1 aromatic carbocycles. The van der Waals surface area contributed by atoms with Crippen molar-refractivity contribution in [3.8, 4) is 11.4 Å². The van der Waals surface area contributed by atoms with E-state index in [2.05, 4.69) is 42.2 Å². The van der Waals surface area contributed by atoms with Gasteiger partial charge in [-0.1, -0.05) is 36.7 Å². The van der Waals surface area contributed by atoms with Gasteiger partial charge in [0.05, 0.1) is 0 Å². The van der Waals surface area contributed by atoms with Crippen LogP contribution in [0.1, 0.15) is 36.8 Å². The summed E-state index contributed by atoms with van der Waals surface area (Å²) < 4.78 is 5.21. The predicted octanol–water partition coefficient (Wildman–Crippen LogP) is 3.48. The number of hydrogen-bond acceptors (Lipinski definition) is 3. The normalized spacial score (nSPS) is 11.1. The molecule has 1 aromatic heterocycles. The van der Waals surface area contributed by atoms with E-state index in [-0.39, 0.29) is 5.92 Å². The van der Waals surface area contributed by atoms with Gasteiger partial charge in [-0.3, -0.25) is 0 Å². The van der Waals surface area contributed by atoms with E-state index < -0.39 is 0 Å². The van der Waals surface area contributed by atoms with Gasteiger partial charge in [-0.15, -0.1) is 0 Å². The van der Waals surface area contributed by atoms with Gasteiger partial charge in [0.25, 0.3) is 0 Å². The zero-order valence-electron chi connectivity index (χ0n) is 10.1. The van der Waals surface area contributed by atoms with E-state index in [1.807, 2.05) is 13.8 Å². The van der Waals surface area contributed by atoms with Crippen LogP contribution in [0.25, 0.3) is 11.4 Å². The van der Waals surface area contributed by atoms with Crippen molar-refractivity contribution in [2.24, 2.45) is 0 Å². The molecule has 2 rings (SSSR count). The van der Waals surface area contributed by atoms with E-state index in [1.54, 1.807) is 0 Å². The summed E-state index contributed by atoms with van der Waals surface area (Å²) in [5.74, 6) is 1.65. The monoisotopic (exact) mass is 216 g/mol. The van der Waals surface area contributed by atoms with Gasteiger partial charge in [-0.05, 0) is 25.5 Å². The molecule has 84 valence electrons. The quantitative estimate of drug-likeness (QED) is 0.771. The minimum Gasteiger partial charge on any atom is -0.339 e. The average Bonchev–Trinajstić information content (AvgIpc) is 2.70. The molecule has 0 saturated heterocycles. The first-order valence-corrected chi connectivity index (χ1v) is 5.49. The molecular formula is C13H16N2O. The lowest BCUT2D eigenvalue weighted by molar-refractivity contribution is 0.365. The van der Waals surface area contributed by atoms with Gasteiger partial charge in [-0.25, -0.2) is 0 Å². The Morgan fingerprint density at radius 2 is 1.94 bits per heavy atom. The van der Waals surface area contributed by atoms with Crippen LogP contribution in [0.5, 0.6) is 0 Å². The molecule has 3 heteroatoms. The minimum absolute atomic E-state index is 0.270. The molecule has 0 aliphatic rings. The Morgan fingerprint density at radius 1 is 1.19 bits per heavy atom. The first-order chi connectivity index (χ1) is 7.58. The van der Waals surface area contributed by atoms with Crippen LogP contribution in [0.2, 0.25) is 0 Å². The maximum atomic E-state index is 5.21. The number of rotatable bonds is 2. The van der Waals surface area contributed by atoms with Crippen molar-refractivity contribution in [1.82, 2.24) is 10.1 Å². The van der Waals surface area contributed by atoms with Gasteiger partial charge in [0.2, 0.25) is 11.7 Å². The van der Waals surface area contributed by atoms with E-state index in [9.17, 15) is 0 Å². The minimum atomic E-state index is 0.270. The lowest BCUT2D eigenvalue weighted by Gasteiger charge is -2.01. The van der Waals surface area contributed by atoms with Crippen LogP contribution in [0.4, 0.5) is 0 Å². The summed E-state index contributed by atoms with van der Waals surface area (Å²) in [5, 5.41) is 4.02. The van der Waals surface area contributed by atoms with E-state index >= 15 is 0 Å². The molecule has 16 heavy (non-hydrogen) atoms. The highest BCUT2D eigenvalue weighted by atomic mass is 16.5. The molecule has 0 amide bonds. The highest BCUT2D eigenvalue weighted by Crippen LogP contribution is 2.23. The van der Waals surface area contributed by atoms with Crippen LogP contribution in [0.3, 0.4) is 0 Å². The maximum Gasteiger partial charge on any atom is 0.229 e. The molecule has 0 aliphatic carbocycles. The first-order valence-electron chi connectivity index (χ1n) is 5.49. The fourth-order valence-electron chi connectivity index (χ4n) is 1.56. The first kappa shape index (κ1) is 10.9. The van der Waals surface area contributed by atoms with E-state index in [0.29, 0.717) is 11.7 Å². The second-order valence-corrected chi connectivity index (χ2v) is 4.43. The van der Waals surface area contributed by atoms with Crippen molar-refractivity contribution >= 4 is 0 Å². The van der Waals surface area contributed by atoms with Crippen molar-refractivity contribution in [3.63, 3.8) is 0 Å². The lowest BCUT2D eigenvalue weighted by Crippen LogP contribution is -1.89. The van der Waals surface area contributed by atoms with Crippen molar-refractivity contribution in [1.29, 1.82) is 0 Å². The Hall–Kier alpha value is -1.64. The summed E-state index contributed by atoms with van der Waals surface area (Å²) in [5.41, 5.74) is 3.42. The third-order valence-electron chi connectivity index (χ3n) is 2.57. The summed E-state index contributed by atoms with van der Waals surface area (Å²) >= 11 is 0. The Morgan fingerprint density at radius 3 is 2.56 bits per heavy atom. The predicted molar refractivity (Wildman–Crippen MR) is 63.3 cm³/mol. The molecule has 0 saturated carbocycles. The molecular weight excluding hydrogens is 200 g/mol. The molecule has 0 unspecified atom stereocenters. The standard InChI is InChI=1S/C13H16N2O/c1-8(2)13-14-12(15-16-13)11-7-9(3)5-6-10(11)4/h5-8H,1-4H3. The summed E-state index contributed by atoms with van der Waals surface area (Å²) in [6.07, 6.45) is 0. The Kier molecular flexibility index (Phi) is 2.77. The van der Waals surface area contributed by atoms with Gasteiger partial charge in [-0.2, -0.15) is 4.98 Å². The fraction of sp³-hybridized carbons (Fsp3) is 0.385. The van der Waals surface area contributed by atoms with E-state index in [4.69, 9.17) is 4.52 Å². The summed E-state index contributed by atoms with van der Waals surface area (Å²) in [6, 6.07) is 6.25. The lowest BCUT2D eigenvalue weighted by atomic mass is 10.1. The molecule has 0 spiro atoms. The number of aromatic nitrogens is 2. The molecule has 0 fully saturated rings. The molecule has 0 bridgehead atoms. The number of hydrogen-bond donors (Lipinski definition) is 0. The van der Waals surface area contributed by atoms with Gasteiger partial charge in [0.1, 0.15) is 0 Å². The second-order valence-electron chi connectivity index (χ2n) is 4.43. The van der Waals surface area contributed by atoms with Gasteiger partial charge >= 0.3 is 0 Å². The molecule has 0 radical (unpaired) electrons. The number of nitrogens with zero attached hydrogens (tertiary/aromatic N) is 2. The number of aryl methyl sites for hydroxylation is 2. The summed E-state index contributed by atoms with van der Waals surface area (Å²) in [7, 11) is 0. The summed E-state index contributed by atoms with van der Waals surface area (Å²) in [6.45, 7) is 8.20. The highest BCUT2D eigenvalue weighted by molar-refractivity contribution is 5.60. The molecule has 0 aliphatic heterocycles. The molecule has 0 N–H and O–H groups in total. The smallest absolute Gasteiger partial charge is 0.229 e. The van der Waals surface area contributed by atoms with Crippen LogP contribution in [-0.4, -0.2) is 10.1 Å². The van der Waals surface area contributed by atoms with E-state index in [1.165, 1.54) is 11.1 Å². The largest absolute Gasteiger partial charge is 0.339 e. The second kappa shape index (κ2) is 4.08.